The van der Waals surface area contributed by atoms with E-state index >= 15 is 0 Å². The van der Waals surface area contributed by atoms with Crippen molar-refractivity contribution in [3.05, 3.63) is 11.4 Å². The predicted molar refractivity (Wildman–Crippen MR) is 78.1 cm³/mol. The van der Waals surface area contributed by atoms with Gasteiger partial charge in [0, 0.05) is 13.6 Å². The first-order valence-electron chi connectivity index (χ1n) is 7.12. The highest BCUT2D eigenvalue weighted by Crippen LogP contribution is 2.19. The molecule has 1 aromatic rings. The molecule has 0 radical (unpaired) electrons. The SMILES string of the molecule is Cc1nn(C)c(C)c1S(=O)(=O)NCCC1CCCNC1. The Kier molecular flexibility index (Phi) is 4.82. The van der Waals surface area contributed by atoms with Crippen molar-refractivity contribution in [1.29, 1.82) is 0 Å². The summed E-state index contributed by atoms with van der Waals surface area (Å²) in [7, 11) is -1.70. The first-order valence-corrected chi connectivity index (χ1v) is 8.60. The fourth-order valence-electron chi connectivity index (χ4n) is 2.78. The molecule has 0 amide bonds. The Hall–Kier alpha value is -0.920. The number of nitrogens with zero attached hydrogens (tertiary/aromatic N) is 2. The average molecular weight is 300 g/mol. The smallest absolute Gasteiger partial charge is 0.244 e. The highest BCUT2D eigenvalue weighted by atomic mass is 32.2. The lowest BCUT2D eigenvalue weighted by molar-refractivity contribution is 0.358. The van der Waals surface area contributed by atoms with Crippen molar-refractivity contribution in [2.75, 3.05) is 19.6 Å². The van der Waals surface area contributed by atoms with Crippen LogP contribution in [0.4, 0.5) is 0 Å². The second-order valence-corrected chi connectivity index (χ2v) is 7.23. The molecule has 7 heteroatoms. The molecule has 2 N–H and O–H groups in total. The fraction of sp³-hybridized carbons (Fsp3) is 0.769. The van der Waals surface area contributed by atoms with Crippen LogP contribution in [0.3, 0.4) is 0 Å². The summed E-state index contributed by atoms with van der Waals surface area (Å²) in [5.41, 5.74) is 1.23. The Morgan fingerprint density at radius 2 is 2.20 bits per heavy atom. The van der Waals surface area contributed by atoms with E-state index in [0.717, 1.165) is 19.5 Å². The summed E-state index contributed by atoms with van der Waals surface area (Å²) in [5, 5.41) is 7.51. The van der Waals surface area contributed by atoms with Crippen LogP contribution in [0.5, 0.6) is 0 Å². The molecule has 20 heavy (non-hydrogen) atoms. The minimum absolute atomic E-state index is 0.321. The van der Waals surface area contributed by atoms with Crippen molar-refractivity contribution < 1.29 is 8.42 Å². The van der Waals surface area contributed by atoms with Crippen molar-refractivity contribution >= 4 is 10.0 Å². The molecule has 1 fully saturated rings. The van der Waals surface area contributed by atoms with Crippen LogP contribution in [-0.4, -0.2) is 37.8 Å². The van der Waals surface area contributed by atoms with Crippen LogP contribution in [0.15, 0.2) is 4.90 Å². The molecule has 1 saturated heterocycles. The molecule has 0 spiro atoms. The maximum atomic E-state index is 12.3. The van der Waals surface area contributed by atoms with Gasteiger partial charge in [-0.1, -0.05) is 0 Å². The van der Waals surface area contributed by atoms with Gasteiger partial charge >= 0.3 is 0 Å². The number of nitrogens with one attached hydrogen (secondary N) is 2. The number of sulfonamides is 1. The third-order valence-electron chi connectivity index (χ3n) is 3.95. The molecule has 1 aliphatic rings. The normalized spacial score (nSPS) is 20.2. The molecule has 0 saturated carbocycles. The van der Waals surface area contributed by atoms with Crippen LogP contribution < -0.4 is 10.0 Å². The van der Waals surface area contributed by atoms with Crippen LogP contribution in [-0.2, 0) is 17.1 Å². The van der Waals surface area contributed by atoms with Crippen LogP contribution in [0.2, 0.25) is 0 Å². The monoisotopic (exact) mass is 300 g/mol. The molecule has 6 nitrogen and oxygen atoms in total. The largest absolute Gasteiger partial charge is 0.316 e. The van der Waals surface area contributed by atoms with Gasteiger partial charge < -0.3 is 5.32 Å². The second-order valence-electron chi connectivity index (χ2n) is 5.52. The van der Waals surface area contributed by atoms with E-state index in [1.54, 1.807) is 25.6 Å². The maximum Gasteiger partial charge on any atom is 0.244 e. The number of rotatable bonds is 5. The molecular formula is C13H24N4O2S. The predicted octanol–water partition coefficient (Wildman–Crippen LogP) is 0.705. The van der Waals surface area contributed by atoms with E-state index in [0.29, 0.717) is 28.7 Å². The third-order valence-corrected chi connectivity index (χ3v) is 5.67. The lowest BCUT2D eigenvalue weighted by atomic mass is 9.96. The molecule has 1 aliphatic heterocycles. The quantitative estimate of drug-likeness (QED) is 0.839. The molecule has 0 aromatic carbocycles. The summed E-state index contributed by atoms with van der Waals surface area (Å²) in [6.07, 6.45) is 3.24. The first kappa shape index (κ1) is 15.5. The Labute approximate surface area is 121 Å². The van der Waals surface area contributed by atoms with Gasteiger partial charge in [-0.15, -0.1) is 0 Å². The van der Waals surface area contributed by atoms with Crippen LogP contribution >= 0.6 is 0 Å². The number of aromatic nitrogens is 2. The van der Waals surface area contributed by atoms with Crippen molar-refractivity contribution in [2.45, 2.75) is 38.0 Å². The second kappa shape index (κ2) is 6.24. The standard InChI is InChI=1S/C13H24N4O2S/c1-10-13(11(2)17(3)16-10)20(18,19)15-8-6-12-5-4-7-14-9-12/h12,14-15H,4-9H2,1-3H3. The van der Waals surface area contributed by atoms with Gasteiger partial charge in [-0.3, -0.25) is 4.68 Å². The summed E-state index contributed by atoms with van der Waals surface area (Å²) in [4.78, 5) is 0.321. The Morgan fingerprint density at radius 3 is 2.75 bits per heavy atom. The summed E-state index contributed by atoms with van der Waals surface area (Å²) < 4.78 is 29.0. The molecule has 2 heterocycles. The molecule has 2 rings (SSSR count). The van der Waals surface area contributed by atoms with Crippen LogP contribution in [0.1, 0.15) is 30.7 Å². The molecule has 114 valence electrons. The van der Waals surface area contributed by atoms with E-state index in [9.17, 15) is 8.42 Å². The molecule has 1 aromatic heterocycles. The molecular weight excluding hydrogens is 276 g/mol. The van der Waals surface area contributed by atoms with Gasteiger partial charge in [0.05, 0.1) is 11.4 Å². The van der Waals surface area contributed by atoms with Gasteiger partial charge in [-0.25, -0.2) is 13.1 Å². The summed E-state index contributed by atoms with van der Waals surface area (Å²) in [6, 6.07) is 0. The molecule has 1 atom stereocenters. The van der Waals surface area contributed by atoms with Gasteiger partial charge in [0.15, 0.2) is 0 Å². The fourth-order valence-corrected chi connectivity index (χ4v) is 4.26. The zero-order valence-electron chi connectivity index (χ0n) is 12.4. The number of aryl methyl sites for hydroxylation is 2. The number of hydrogen-bond donors (Lipinski definition) is 2. The molecule has 0 aliphatic carbocycles. The highest BCUT2D eigenvalue weighted by Gasteiger charge is 2.23. The molecule has 1 unspecified atom stereocenters. The minimum atomic E-state index is -3.46. The summed E-state index contributed by atoms with van der Waals surface area (Å²) in [6.45, 7) is 6.07. The van der Waals surface area contributed by atoms with Crippen molar-refractivity contribution in [3.63, 3.8) is 0 Å². The zero-order valence-corrected chi connectivity index (χ0v) is 13.3. The minimum Gasteiger partial charge on any atom is -0.316 e. The van der Waals surface area contributed by atoms with Gasteiger partial charge in [0.2, 0.25) is 10.0 Å². The van der Waals surface area contributed by atoms with Crippen LogP contribution in [0, 0.1) is 19.8 Å². The van der Waals surface area contributed by atoms with Crippen molar-refractivity contribution in [1.82, 2.24) is 19.8 Å². The molecule has 0 bridgehead atoms. The summed E-state index contributed by atoms with van der Waals surface area (Å²) in [5.74, 6) is 0.572. The van der Waals surface area contributed by atoms with Crippen molar-refractivity contribution in [2.24, 2.45) is 13.0 Å². The Morgan fingerprint density at radius 1 is 1.45 bits per heavy atom. The number of piperidine rings is 1. The zero-order chi connectivity index (χ0) is 14.8. The topological polar surface area (TPSA) is 76.0 Å². The average Bonchev–Trinajstić information content (AvgIpc) is 2.64. The van der Waals surface area contributed by atoms with E-state index in [1.807, 2.05) is 0 Å². The van der Waals surface area contributed by atoms with E-state index < -0.39 is 10.0 Å². The third kappa shape index (κ3) is 3.39. The van der Waals surface area contributed by atoms with E-state index in [4.69, 9.17) is 0 Å². The van der Waals surface area contributed by atoms with Gasteiger partial charge in [0.1, 0.15) is 4.90 Å². The van der Waals surface area contributed by atoms with Crippen molar-refractivity contribution in [3.8, 4) is 0 Å². The van der Waals surface area contributed by atoms with Gasteiger partial charge in [-0.05, 0) is 52.1 Å². The van der Waals surface area contributed by atoms with Gasteiger partial charge in [-0.2, -0.15) is 5.10 Å². The van der Waals surface area contributed by atoms with E-state index in [2.05, 4.69) is 15.1 Å². The van der Waals surface area contributed by atoms with E-state index in [1.165, 1.54) is 12.8 Å². The lowest BCUT2D eigenvalue weighted by Gasteiger charge is -2.22. The maximum absolute atomic E-state index is 12.3. The van der Waals surface area contributed by atoms with Gasteiger partial charge in [0.25, 0.3) is 0 Å². The number of hydrogen-bond acceptors (Lipinski definition) is 4. The highest BCUT2D eigenvalue weighted by molar-refractivity contribution is 7.89. The van der Waals surface area contributed by atoms with E-state index in [-0.39, 0.29) is 0 Å². The van der Waals surface area contributed by atoms with Crippen LogP contribution in [0.25, 0.3) is 0 Å². The summed E-state index contributed by atoms with van der Waals surface area (Å²) >= 11 is 0. The Bertz CT molecular complexity index is 559. The first-order chi connectivity index (χ1) is 9.42. The lowest BCUT2D eigenvalue weighted by Crippen LogP contribution is -2.33. The Balaban J connectivity index is 1.97.